The fourth-order valence-electron chi connectivity index (χ4n) is 3.39. The Balaban J connectivity index is 1.62. The van der Waals surface area contributed by atoms with E-state index in [1.807, 2.05) is 0 Å². The Morgan fingerprint density at radius 3 is 2.24 bits per heavy atom. The van der Waals surface area contributed by atoms with Gasteiger partial charge in [0.15, 0.2) is 0 Å². The van der Waals surface area contributed by atoms with Gasteiger partial charge in [-0.25, -0.2) is 13.1 Å². The standard InChI is InChI=1S/C18H26N2O4S/c21-18(19-16-11-12-24-13-16)14-7-9-17(10-8-14)25(22,23)20-15-5-3-1-2-4-6-15/h7-10,15-16,20H,1-6,11-13H2,(H,19,21). The number of nitrogens with one attached hydrogen (secondary N) is 2. The van der Waals surface area contributed by atoms with E-state index in [4.69, 9.17) is 4.74 Å². The van der Waals surface area contributed by atoms with Gasteiger partial charge in [0.25, 0.3) is 5.91 Å². The number of sulfonamides is 1. The van der Waals surface area contributed by atoms with Gasteiger partial charge in [-0.15, -0.1) is 0 Å². The van der Waals surface area contributed by atoms with Crippen molar-refractivity contribution in [1.82, 2.24) is 10.0 Å². The van der Waals surface area contributed by atoms with Crippen LogP contribution in [0.3, 0.4) is 0 Å². The van der Waals surface area contributed by atoms with Crippen LogP contribution in [0.25, 0.3) is 0 Å². The predicted octanol–water partition coefficient (Wildman–Crippen LogP) is 2.21. The van der Waals surface area contributed by atoms with Crippen LogP contribution in [-0.4, -0.2) is 39.6 Å². The van der Waals surface area contributed by atoms with E-state index in [1.54, 1.807) is 12.1 Å². The number of benzene rings is 1. The van der Waals surface area contributed by atoms with E-state index in [9.17, 15) is 13.2 Å². The summed E-state index contributed by atoms with van der Waals surface area (Å²) in [5.41, 5.74) is 0.459. The third kappa shape index (κ3) is 5.03. The van der Waals surface area contributed by atoms with Crippen LogP contribution in [0, 0.1) is 0 Å². The molecule has 1 aromatic rings. The number of rotatable bonds is 5. The minimum atomic E-state index is -3.54. The van der Waals surface area contributed by atoms with Crippen molar-refractivity contribution >= 4 is 15.9 Å². The maximum atomic E-state index is 12.5. The number of carbonyl (C=O) groups excluding carboxylic acids is 1. The second kappa shape index (κ2) is 8.29. The molecule has 1 heterocycles. The molecule has 1 aliphatic carbocycles. The van der Waals surface area contributed by atoms with Crippen LogP contribution in [0.4, 0.5) is 0 Å². The highest BCUT2D eigenvalue weighted by Crippen LogP contribution is 2.20. The third-order valence-electron chi connectivity index (χ3n) is 4.87. The van der Waals surface area contributed by atoms with E-state index in [0.29, 0.717) is 18.8 Å². The summed E-state index contributed by atoms with van der Waals surface area (Å²) < 4.78 is 33.1. The Hall–Kier alpha value is -1.44. The quantitative estimate of drug-likeness (QED) is 0.783. The first-order chi connectivity index (χ1) is 12.0. The second-order valence-corrected chi connectivity index (χ2v) is 8.58. The maximum Gasteiger partial charge on any atom is 0.251 e. The van der Waals surface area contributed by atoms with Gasteiger partial charge in [0.05, 0.1) is 17.5 Å². The molecule has 6 nitrogen and oxygen atoms in total. The van der Waals surface area contributed by atoms with Crippen molar-refractivity contribution < 1.29 is 17.9 Å². The molecule has 138 valence electrons. The Kier molecular flexibility index (Phi) is 6.09. The first-order valence-corrected chi connectivity index (χ1v) is 10.5. The molecule has 0 bridgehead atoms. The average Bonchev–Trinajstić information content (AvgIpc) is 2.98. The average molecular weight is 366 g/mol. The highest BCUT2D eigenvalue weighted by atomic mass is 32.2. The molecule has 1 unspecified atom stereocenters. The zero-order chi connectivity index (χ0) is 17.7. The molecule has 2 fully saturated rings. The Labute approximate surface area is 149 Å². The van der Waals surface area contributed by atoms with E-state index < -0.39 is 10.0 Å². The van der Waals surface area contributed by atoms with E-state index in [1.165, 1.54) is 25.0 Å². The first kappa shape index (κ1) is 18.4. The van der Waals surface area contributed by atoms with Crippen molar-refractivity contribution in [3.8, 4) is 0 Å². The molecule has 1 aromatic carbocycles. The Morgan fingerprint density at radius 2 is 1.64 bits per heavy atom. The molecule has 2 N–H and O–H groups in total. The van der Waals surface area contributed by atoms with Crippen molar-refractivity contribution in [2.24, 2.45) is 0 Å². The summed E-state index contributed by atoms with van der Waals surface area (Å²) in [5.74, 6) is -0.198. The summed E-state index contributed by atoms with van der Waals surface area (Å²) >= 11 is 0. The molecule has 3 rings (SSSR count). The lowest BCUT2D eigenvalue weighted by atomic mass is 10.1. The van der Waals surface area contributed by atoms with Gasteiger partial charge >= 0.3 is 0 Å². The van der Waals surface area contributed by atoms with Gasteiger partial charge in [0.1, 0.15) is 0 Å². The minimum Gasteiger partial charge on any atom is -0.379 e. The van der Waals surface area contributed by atoms with Gasteiger partial charge in [-0.1, -0.05) is 25.7 Å². The van der Waals surface area contributed by atoms with E-state index in [2.05, 4.69) is 10.0 Å². The molecule has 0 aromatic heterocycles. The number of amides is 1. The lowest BCUT2D eigenvalue weighted by Crippen LogP contribution is -2.35. The number of ether oxygens (including phenoxy) is 1. The highest BCUT2D eigenvalue weighted by molar-refractivity contribution is 7.89. The lowest BCUT2D eigenvalue weighted by molar-refractivity contribution is 0.0930. The van der Waals surface area contributed by atoms with Crippen LogP contribution < -0.4 is 10.0 Å². The number of carbonyl (C=O) groups is 1. The molecule has 1 atom stereocenters. The van der Waals surface area contributed by atoms with E-state index >= 15 is 0 Å². The molecule has 0 radical (unpaired) electrons. The molecule has 25 heavy (non-hydrogen) atoms. The van der Waals surface area contributed by atoms with Crippen molar-refractivity contribution in [1.29, 1.82) is 0 Å². The minimum absolute atomic E-state index is 0.0119. The van der Waals surface area contributed by atoms with Gasteiger partial charge < -0.3 is 10.1 Å². The maximum absolute atomic E-state index is 12.5. The van der Waals surface area contributed by atoms with Crippen LogP contribution in [0.15, 0.2) is 29.2 Å². The first-order valence-electron chi connectivity index (χ1n) is 9.05. The van der Waals surface area contributed by atoms with E-state index in [0.717, 1.165) is 32.1 Å². The van der Waals surface area contributed by atoms with Crippen LogP contribution in [0.5, 0.6) is 0 Å². The topological polar surface area (TPSA) is 84.5 Å². The summed E-state index contributed by atoms with van der Waals surface area (Å²) in [6, 6.07) is 6.17. The fourth-order valence-corrected chi connectivity index (χ4v) is 4.69. The van der Waals surface area contributed by atoms with Gasteiger partial charge in [0, 0.05) is 18.2 Å². The van der Waals surface area contributed by atoms with Gasteiger partial charge in [-0.3, -0.25) is 4.79 Å². The zero-order valence-electron chi connectivity index (χ0n) is 14.4. The SMILES string of the molecule is O=C(NC1CCOC1)c1ccc(S(=O)(=O)NC2CCCCCC2)cc1. The smallest absolute Gasteiger partial charge is 0.251 e. The summed E-state index contributed by atoms with van der Waals surface area (Å²) in [4.78, 5) is 12.4. The molecule has 1 saturated heterocycles. The van der Waals surface area contributed by atoms with Crippen molar-refractivity contribution in [3.63, 3.8) is 0 Å². The Morgan fingerprint density at radius 1 is 0.960 bits per heavy atom. The van der Waals surface area contributed by atoms with Crippen molar-refractivity contribution in [2.75, 3.05) is 13.2 Å². The monoisotopic (exact) mass is 366 g/mol. The fraction of sp³-hybridized carbons (Fsp3) is 0.611. The zero-order valence-corrected chi connectivity index (χ0v) is 15.2. The largest absolute Gasteiger partial charge is 0.379 e. The van der Waals surface area contributed by atoms with E-state index in [-0.39, 0.29) is 22.9 Å². The van der Waals surface area contributed by atoms with Crippen LogP contribution in [0.1, 0.15) is 55.3 Å². The molecule has 7 heteroatoms. The van der Waals surface area contributed by atoms with Crippen molar-refractivity contribution in [2.45, 2.75) is 61.9 Å². The molecule has 1 amide bonds. The lowest BCUT2D eigenvalue weighted by Gasteiger charge is -2.16. The molecule has 1 aliphatic heterocycles. The van der Waals surface area contributed by atoms with Crippen LogP contribution >= 0.6 is 0 Å². The third-order valence-corrected chi connectivity index (χ3v) is 6.41. The van der Waals surface area contributed by atoms with Gasteiger partial charge in [0.2, 0.25) is 10.0 Å². The van der Waals surface area contributed by atoms with Crippen LogP contribution in [0.2, 0.25) is 0 Å². The van der Waals surface area contributed by atoms with Gasteiger partial charge in [-0.2, -0.15) is 0 Å². The summed E-state index contributed by atoms with van der Waals surface area (Å²) in [6.45, 7) is 1.19. The second-order valence-electron chi connectivity index (χ2n) is 6.87. The number of hydrogen-bond donors (Lipinski definition) is 2. The predicted molar refractivity (Wildman–Crippen MR) is 94.9 cm³/mol. The van der Waals surface area contributed by atoms with Gasteiger partial charge in [-0.05, 0) is 43.5 Å². The van der Waals surface area contributed by atoms with Crippen molar-refractivity contribution in [3.05, 3.63) is 29.8 Å². The highest BCUT2D eigenvalue weighted by Gasteiger charge is 2.22. The molecule has 0 spiro atoms. The summed E-state index contributed by atoms with van der Waals surface area (Å²) in [7, 11) is -3.54. The summed E-state index contributed by atoms with van der Waals surface area (Å²) in [5, 5.41) is 2.90. The molecular weight excluding hydrogens is 340 g/mol. The number of hydrogen-bond acceptors (Lipinski definition) is 4. The van der Waals surface area contributed by atoms with Crippen LogP contribution in [-0.2, 0) is 14.8 Å². The molecule has 1 saturated carbocycles. The summed E-state index contributed by atoms with van der Waals surface area (Å²) in [6.07, 6.45) is 7.08. The normalized spacial score (nSPS) is 22.5. The Bertz CT molecular complexity index is 674. The molecular formula is C18H26N2O4S. The molecule has 2 aliphatic rings.